The van der Waals surface area contributed by atoms with Gasteiger partial charge in [0.1, 0.15) is 5.82 Å². The molecule has 2 aromatic heterocycles. The van der Waals surface area contributed by atoms with Crippen molar-refractivity contribution in [2.45, 2.75) is 37.8 Å². The van der Waals surface area contributed by atoms with Gasteiger partial charge >= 0.3 is 0 Å². The normalized spacial score (nSPS) is 16.6. The lowest BCUT2D eigenvalue weighted by molar-refractivity contribution is 0.392. The summed E-state index contributed by atoms with van der Waals surface area (Å²) < 4.78 is 26.8. The van der Waals surface area contributed by atoms with E-state index in [-0.39, 0.29) is 10.9 Å². The quantitative estimate of drug-likeness (QED) is 0.946. The Balaban J connectivity index is 1.89. The molecule has 108 valence electrons. The van der Waals surface area contributed by atoms with Gasteiger partial charge in [-0.25, -0.2) is 13.4 Å². The van der Waals surface area contributed by atoms with Crippen LogP contribution < -0.4 is 0 Å². The smallest absolute Gasteiger partial charge is 0.260 e. The lowest BCUT2D eigenvalue weighted by Gasteiger charge is -2.25. The second kappa shape index (κ2) is 4.98. The second-order valence-electron chi connectivity index (χ2n) is 5.24. The first-order valence-electron chi connectivity index (χ1n) is 6.59. The van der Waals surface area contributed by atoms with Gasteiger partial charge < -0.3 is 4.98 Å². The van der Waals surface area contributed by atoms with Crippen LogP contribution in [0.5, 0.6) is 0 Å². The highest BCUT2D eigenvalue weighted by molar-refractivity contribution is 7.89. The highest BCUT2D eigenvalue weighted by Crippen LogP contribution is 2.27. The summed E-state index contributed by atoms with van der Waals surface area (Å²) in [5.41, 5.74) is 1.12. The van der Waals surface area contributed by atoms with E-state index in [1.807, 2.05) is 25.3 Å². The molecule has 2 aromatic rings. The molecule has 0 radical (unpaired) electrons. The molecule has 3 heterocycles. The van der Waals surface area contributed by atoms with Gasteiger partial charge in [0.25, 0.3) is 10.0 Å². The van der Waals surface area contributed by atoms with Crippen LogP contribution >= 0.6 is 11.3 Å². The van der Waals surface area contributed by atoms with E-state index in [9.17, 15) is 8.42 Å². The van der Waals surface area contributed by atoms with Gasteiger partial charge in [0, 0.05) is 23.9 Å². The van der Waals surface area contributed by atoms with E-state index in [1.54, 1.807) is 11.3 Å². The number of H-pyrrole nitrogens is 1. The van der Waals surface area contributed by atoms with Crippen LogP contribution in [0.15, 0.2) is 22.7 Å². The molecule has 20 heavy (non-hydrogen) atoms. The van der Waals surface area contributed by atoms with Crippen molar-refractivity contribution in [2.75, 3.05) is 6.54 Å². The van der Waals surface area contributed by atoms with Gasteiger partial charge in [0.15, 0.2) is 5.03 Å². The molecule has 1 aliphatic rings. The largest absolute Gasteiger partial charge is 0.332 e. The average Bonchev–Trinajstić information content (AvgIpc) is 3.07. The number of aromatic amines is 1. The molecule has 0 saturated carbocycles. The third kappa shape index (κ3) is 2.30. The molecule has 0 saturated heterocycles. The number of imidazole rings is 1. The highest BCUT2D eigenvalue weighted by atomic mass is 32.2. The lowest BCUT2D eigenvalue weighted by Crippen LogP contribution is -2.35. The van der Waals surface area contributed by atoms with Gasteiger partial charge in [0.2, 0.25) is 0 Å². The molecule has 0 spiro atoms. The van der Waals surface area contributed by atoms with Crippen molar-refractivity contribution < 1.29 is 8.42 Å². The molecular formula is C13H17N3O2S2. The Morgan fingerprint density at radius 1 is 1.45 bits per heavy atom. The first-order chi connectivity index (χ1) is 9.48. The van der Waals surface area contributed by atoms with Crippen LogP contribution in [0.1, 0.15) is 36.0 Å². The summed E-state index contributed by atoms with van der Waals surface area (Å²) in [5, 5.41) is 2.22. The molecule has 5 nitrogen and oxygen atoms in total. The fraction of sp³-hybridized carbons (Fsp3) is 0.462. The van der Waals surface area contributed by atoms with Gasteiger partial charge in [-0.1, -0.05) is 13.8 Å². The van der Waals surface area contributed by atoms with Crippen LogP contribution in [0, 0.1) is 0 Å². The molecule has 0 atom stereocenters. The Morgan fingerprint density at radius 3 is 2.95 bits per heavy atom. The number of thiophene rings is 1. The van der Waals surface area contributed by atoms with Crippen LogP contribution in [0.3, 0.4) is 0 Å². The molecule has 0 aliphatic carbocycles. The fourth-order valence-corrected chi connectivity index (χ4v) is 4.54. The summed E-state index contributed by atoms with van der Waals surface area (Å²) in [7, 11) is -3.48. The van der Waals surface area contributed by atoms with Gasteiger partial charge in [-0.05, 0) is 23.4 Å². The number of hydrogen-bond acceptors (Lipinski definition) is 4. The Morgan fingerprint density at radius 2 is 2.25 bits per heavy atom. The summed E-state index contributed by atoms with van der Waals surface area (Å²) in [6.07, 6.45) is 2.21. The van der Waals surface area contributed by atoms with Crippen molar-refractivity contribution in [2.24, 2.45) is 0 Å². The third-order valence-corrected chi connectivity index (χ3v) is 6.29. The van der Waals surface area contributed by atoms with Crippen molar-refractivity contribution >= 4 is 21.4 Å². The zero-order chi connectivity index (χ0) is 14.3. The van der Waals surface area contributed by atoms with Crippen LogP contribution in [0.25, 0.3) is 0 Å². The molecule has 0 aromatic carbocycles. The molecule has 3 rings (SSSR count). The average molecular weight is 311 g/mol. The van der Waals surface area contributed by atoms with Crippen molar-refractivity contribution in [1.82, 2.24) is 14.3 Å². The standard InChI is InChI=1S/C13H17N3O2S2/c1-9(2)13-14-7-12(15-13)20(17,18)16-5-3-11-10(8-16)4-6-19-11/h4,6-7,9H,3,5,8H2,1-2H3,(H,14,15). The third-order valence-electron chi connectivity index (χ3n) is 3.51. The van der Waals surface area contributed by atoms with E-state index in [1.165, 1.54) is 15.4 Å². The highest BCUT2D eigenvalue weighted by Gasteiger charge is 2.30. The summed E-state index contributed by atoms with van der Waals surface area (Å²) in [4.78, 5) is 8.38. The number of nitrogens with one attached hydrogen (secondary N) is 1. The minimum absolute atomic E-state index is 0.184. The predicted octanol–water partition coefficient (Wildman–Crippen LogP) is 2.34. The molecule has 1 N–H and O–H groups in total. The van der Waals surface area contributed by atoms with Gasteiger partial charge in [0.05, 0.1) is 6.20 Å². The molecule has 0 fully saturated rings. The van der Waals surface area contributed by atoms with E-state index < -0.39 is 10.0 Å². The maximum absolute atomic E-state index is 12.6. The van der Waals surface area contributed by atoms with E-state index in [2.05, 4.69) is 9.97 Å². The molecular weight excluding hydrogens is 294 g/mol. The molecule has 0 bridgehead atoms. The summed E-state index contributed by atoms with van der Waals surface area (Å²) >= 11 is 1.70. The van der Waals surface area contributed by atoms with Crippen LogP contribution in [0.2, 0.25) is 0 Å². The fourth-order valence-electron chi connectivity index (χ4n) is 2.31. The Kier molecular flexibility index (Phi) is 3.43. The minimum atomic E-state index is -3.48. The topological polar surface area (TPSA) is 66.1 Å². The molecule has 7 heteroatoms. The van der Waals surface area contributed by atoms with E-state index in [4.69, 9.17) is 0 Å². The van der Waals surface area contributed by atoms with Crippen molar-refractivity contribution in [3.8, 4) is 0 Å². The molecule has 1 aliphatic heterocycles. The van der Waals surface area contributed by atoms with Gasteiger partial charge in [-0.3, -0.25) is 0 Å². The summed E-state index contributed by atoms with van der Waals surface area (Å²) in [5.74, 6) is 0.889. The molecule has 0 amide bonds. The first kappa shape index (κ1) is 13.8. The van der Waals surface area contributed by atoms with Crippen LogP contribution in [-0.4, -0.2) is 29.2 Å². The Labute approximate surface area is 122 Å². The number of rotatable bonds is 3. The zero-order valence-corrected chi connectivity index (χ0v) is 13.1. The van der Waals surface area contributed by atoms with E-state index in [0.717, 1.165) is 12.0 Å². The number of sulfonamides is 1. The van der Waals surface area contributed by atoms with Gasteiger partial charge in [-0.15, -0.1) is 11.3 Å². The van der Waals surface area contributed by atoms with E-state index in [0.29, 0.717) is 18.9 Å². The monoisotopic (exact) mass is 311 g/mol. The maximum atomic E-state index is 12.6. The minimum Gasteiger partial charge on any atom is -0.332 e. The van der Waals surface area contributed by atoms with Crippen molar-refractivity contribution in [3.63, 3.8) is 0 Å². The lowest BCUT2D eigenvalue weighted by atomic mass is 10.1. The first-order valence-corrected chi connectivity index (χ1v) is 8.91. The Bertz CT molecular complexity index is 716. The van der Waals surface area contributed by atoms with Crippen molar-refractivity contribution in [3.05, 3.63) is 33.9 Å². The SMILES string of the molecule is CC(C)c1ncc(S(=O)(=O)N2CCc3sccc3C2)[nH]1. The predicted molar refractivity (Wildman–Crippen MR) is 78.3 cm³/mol. The van der Waals surface area contributed by atoms with Crippen LogP contribution in [-0.2, 0) is 23.0 Å². The zero-order valence-electron chi connectivity index (χ0n) is 11.5. The molecule has 0 unspecified atom stereocenters. The summed E-state index contributed by atoms with van der Waals surface area (Å²) in [6.45, 7) is 4.95. The maximum Gasteiger partial charge on any atom is 0.260 e. The number of fused-ring (bicyclic) bond motifs is 1. The number of nitrogens with zero attached hydrogens (tertiary/aromatic N) is 2. The van der Waals surface area contributed by atoms with Gasteiger partial charge in [-0.2, -0.15) is 4.31 Å². The van der Waals surface area contributed by atoms with E-state index >= 15 is 0 Å². The summed E-state index contributed by atoms with van der Waals surface area (Å²) in [6, 6.07) is 2.01. The van der Waals surface area contributed by atoms with Crippen molar-refractivity contribution in [1.29, 1.82) is 0 Å². The Hall–Kier alpha value is -1.18. The second-order valence-corrected chi connectivity index (χ2v) is 8.15. The van der Waals surface area contributed by atoms with Crippen LogP contribution in [0.4, 0.5) is 0 Å². The number of aromatic nitrogens is 2. The number of hydrogen-bond donors (Lipinski definition) is 1.